The molecule has 7 heteroatoms. The highest BCUT2D eigenvalue weighted by atomic mass is 35.5. The molecule has 1 amide bonds. The first-order valence-corrected chi connectivity index (χ1v) is 9.35. The van der Waals surface area contributed by atoms with Gasteiger partial charge in [0.25, 0.3) is 5.91 Å². The van der Waals surface area contributed by atoms with Crippen molar-refractivity contribution in [3.05, 3.63) is 76.4 Å². The van der Waals surface area contributed by atoms with Gasteiger partial charge in [-0.05, 0) is 31.2 Å². The number of hydrogen-bond donors (Lipinski definition) is 1. The second kappa shape index (κ2) is 8.95. The van der Waals surface area contributed by atoms with Crippen molar-refractivity contribution in [1.82, 2.24) is 9.99 Å². The molecule has 0 aliphatic heterocycles. The maximum Gasteiger partial charge on any atom is 0.277 e. The van der Waals surface area contributed by atoms with Crippen LogP contribution in [0.4, 0.5) is 0 Å². The first-order valence-electron chi connectivity index (χ1n) is 8.59. The number of para-hydroxylation sites is 1. The second-order valence-corrected chi connectivity index (χ2v) is 6.92. The number of fused-ring (bicyclic) bond motifs is 1. The maximum atomic E-state index is 12.0. The molecule has 0 radical (unpaired) electrons. The summed E-state index contributed by atoms with van der Waals surface area (Å²) in [5, 5.41) is 5.98. The van der Waals surface area contributed by atoms with E-state index >= 15 is 0 Å². The highest BCUT2D eigenvalue weighted by Crippen LogP contribution is 2.27. The average molecular weight is 416 g/mol. The molecule has 3 rings (SSSR count). The van der Waals surface area contributed by atoms with Crippen LogP contribution in [0.2, 0.25) is 10.0 Å². The van der Waals surface area contributed by atoms with Crippen LogP contribution in [0.15, 0.2) is 60.2 Å². The summed E-state index contributed by atoms with van der Waals surface area (Å²) in [5.74, 6) is -0.0108. The molecule has 0 spiro atoms. The van der Waals surface area contributed by atoms with Gasteiger partial charge in [0.1, 0.15) is 5.75 Å². The second-order valence-electron chi connectivity index (χ2n) is 6.07. The number of carbonyl (C=O) groups excluding carboxylic acids is 1. The lowest BCUT2D eigenvalue weighted by Gasteiger charge is -2.07. The molecule has 0 saturated carbocycles. The number of allylic oxidation sites excluding steroid dienone is 1. The summed E-state index contributed by atoms with van der Waals surface area (Å²) in [5.41, 5.74) is 5.55. The van der Waals surface area contributed by atoms with Crippen LogP contribution < -0.4 is 10.2 Å². The minimum atomic E-state index is -0.394. The SMILES string of the molecule is C=CCn1c(C)c(/C=N\NC(=O)COc2ccc(Cl)cc2Cl)c2ccccc21. The van der Waals surface area contributed by atoms with Crippen LogP contribution in [0.1, 0.15) is 11.3 Å². The van der Waals surface area contributed by atoms with Gasteiger partial charge < -0.3 is 9.30 Å². The highest BCUT2D eigenvalue weighted by Gasteiger charge is 2.11. The fourth-order valence-corrected chi connectivity index (χ4v) is 3.38. The Balaban J connectivity index is 1.68. The quantitative estimate of drug-likeness (QED) is 0.336. The van der Waals surface area contributed by atoms with Crippen molar-refractivity contribution in [2.24, 2.45) is 5.10 Å². The molecule has 144 valence electrons. The number of hydrogen-bond acceptors (Lipinski definition) is 3. The van der Waals surface area contributed by atoms with Crippen molar-refractivity contribution < 1.29 is 9.53 Å². The minimum absolute atomic E-state index is 0.212. The van der Waals surface area contributed by atoms with Gasteiger partial charge in [-0.15, -0.1) is 6.58 Å². The lowest BCUT2D eigenvalue weighted by atomic mass is 10.1. The number of nitrogens with zero attached hydrogens (tertiary/aromatic N) is 2. The summed E-state index contributed by atoms with van der Waals surface area (Å²) in [4.78, 5) is 12.0. The van der Waals surface area contributed by atoms with Crippen LogP contribution >= 0.6 is 23.2 Å². The number of nitrogens with one attached hydrogen (secondary N) is 1. The normalized spacial score (nSPS) is 11.1. The van der Waals surface area contributed by atoms with Crippen LogP contribution in [0.5, 0.6) is 5.75 Å². The van der Waals surface area contributed by atoms with E-state index in [-0.39, 0.29) is 6.61 Å². The number of halogens is 2. The molecule has 3 aromatic rings. The molecule has 0 aliphatic carbocycles. The molecule has 1 heterocycles. The molecule has 5 nitrogen and oxygen atoms in total. The Morgan fingerprint density at radius 2 is 2.07 bits per heavy atom. The molecule has 0 fully saturated rings. The Morgan fingerprint density at radius 1 is 1.29 bits per heavy atom. The van der Waals surface area contributed by atoms with E-state index in [1.807, 2.05) is 37.3 Å². The van der Waals surface area contributed by atoms with Crippen molar-refractivity contribution in [3.63, 3.8) is 0 Å². The molecule has 0 saturated heterocycles. The Hall–Kier alpha value is -2.76. The zero-order chi connectivity index (χ0) is 20.1. The van der Waals surface area contributed by atoms with Crippen LogP contribution in [-0.2, 0) is 11.3 Å². The molecule has 1 N–H and O–H groups in total. The number of amides is 1. The summed E-state index contributed by atoms with van der Waals surface area (Å²) >= 11 is 11.9. The van der Waals surface area contributed by atoms with Crippen molar-refractivity contribution in [2.45, 2.75) is 13.5 Å². The van der Waals surface area contributed by atoms with E-state index in [1.165, 1.54) is 0 Å². The van der Waals surface area contributed by atoms with E-state index in [1.54, 1.807) is 24.4 Å². The standard InChI is InChI=1S/C21H19Cl2N3O2/c1-3-10-26-14(2)17(16-6-4-5-7-19(16)26)12-24-25-21(27)13-28-20-9-8-15(22)11-18(20)23/h3-9,11-12H,1,10,13H2,2H3,(H,25,27)/b24-12-. The van der Waals surface area contributed by atoms with E-state index in [9.17, 15) is 4.79 Å². The van der Waals surface area contributed by atoms with E-state index in [0.717, 1.165) is 22.2 Å². The summed E-state index contributed by atoms with van der Waals surface area (Å²) < 4.78 is 7.54. The molecule has 0 bridgehead atoms. The van der Waals surface area contributed by atoms with Gasteiger partial charge in [-0.3, -0.25) is 4.79 Å². The molecular weight excluding hydrogens is 397 g/mol. The van der Waals surface area contributed by atoms with Crippen LogP contribution in [0.3, 0.4) is 0 Å². The first-order chi connectivity index (χ1) is 13.5. The number of rotatable bonds is 7. The lowest BCUT2D eigenvalue weighted by molar-refractivity contribution is -0.123. The summed E-state index contributed by atoms with van der Waals surface area (Å²) in [7, 11) is 0. The zero-order valence-electron chi connectivity index (χ0n) is 15.3. The largest absolute Gasteiger partial charge is 0.482 e. The number of carbonyl (C=O) groups is 1. The third kappa shape index (κ3) is 4.38. The Bertz CT molecular complexity index is 1060. The van der Waals surface area contributed by atoms with Gasteiger partial charge in [-0.1, -0.05) is 47.5 Å². The van der Waals surface area contributed by atoms with E-state index < -0.39 is 5.91 Å². The van der Waals surface area contributed by atoms with E-state index in [2.05, 4.69) is 21.7 Å². The van der Waals surface area contributed by atoms with Crippen LogP contribution in [0.25, 0.3) is 10.9 Å². The molecular formula is C21H19Cl2N3O2. The van der Waals surface area contributed by atoms with Crippen LogP contribution in [-0.4, -0.2) is 23.3 Å². The lowest BCUT2D eigenvalue weighted by Crippen LogP contribution is -2.24. The van der Waals surface area contributed by atoms with Crippen LogP contribution in [0, 0.1) is 6.92 Å². The molecule has 28 heavy (non-hydrogen) atoms. The summed E-state index contributed by atoms with van der Waals surface area (Å²) in [6.45, 7) is 6.31. The Labute approximate surface area is 173 Å². The number of hydrazone groups is 1. The Kier molecular flexibility index (Phi) is 6.39. The van der Waals surface area contributed by atoms with Gasteiger partial charge in [0.05, 0.1) is 11.2 Å². The van der Waals surface area contributed by atoms with Gasteiger partial charge in [-0.2, -0.15) is 5.10 Å². The third-order valence-corrected chi connectivity index (χ3v) is 4.76. The average Bonchev–Trinajstić information content (AvgIpc) is 2.94. The predicted molar refractivity (Wildman–Crippen MR) is 115 cm³/mol. The summed E-state index contributed by atoms with van der Waals surface area (Å²) in [6, 6.07) is 12.8. The van der Waals surface area contributed by atoms with Gasteiger partial charge in [0, 0.05) is 33.7 Å². The molecule has 1 aromatic heterocycles. The summed E-state index contributed by atoms with van der Waals surface area (Å²) in [6.07, 6.45) is 3.49. The molecule has 0 atom stereocenters. The van der Waals surface area contributed by atoms with Gasteiger partial charge in [-0.25, -0.2) is 5.43 Å². The van der Waals surface area contributed by atoms with Gasteiger partial charge in [0.15, 0.2) is 6.61 Å². The predicted octanol–water partition coefficient (Wildman–Crippen LogP) is 4.97. The first kappa shape index (κ1) is 20.0. The topological polar surface area (TPSA) is 55.6 Å². The minimum Gasteiger partial charge on any atom is -0.482 e. The fourth-order valence-electron chi connectivity index (χ4n) is 2.92. The smallest absolute Gasteiger partial charge is 0.277 e. The monoisotopic (exact) mass is 415 g/mol. The van der Waals surface area contributed by atoms with Gasteiger partial charge in [0.2, 0.25) is 0 Å². The molecule has 2 aromatic carbocycles. The third-order valence-electron chi connectivity index (χ3n) is 4.23. The molecule has 0 unspecified atom stereocenters. The van der Waals surface area contributed by atoms with Crippen molar-refractivity contribution in [2.75, 3.05) is 6.61 Å². The maximum absolute atomic E-state index is 12.0. The van der Waals surface area contributed by atoms with Crippen molar-refractivity contribution in [3.8, 4) is 5.75 Å². The van der Waals surface area contributed by atoms with E-state index in [4.69, 9.17) is 27.9 Å². The number of aromatic nitrogens is 1. The zero-order valence-corrected chi connectivity index (χ0v) is 16.8. The van der Waals surface area contributed by atoms with Crippen molar-refractivity contribution in [1.29, 1.82) is 0 Å². The number of benzene rings is 2. The fraction of sp³-hybridized carbons (Fsp3) is 0.143. The number of ether oxygens (including phenoxy) is 1. The van der Waals surface area contributed by atoms with E-state index in [0.29, 0.717) is 22.3 Å². The van der Waals surface area contributed by atoms with Gasteiger partial charge >= 0.3 is 0 Å². The van der Waals surface area contributed by atoms with Crippen molar-refractivity contribution >= 4 is 46.2 Å². The Morgan fingerprint density at radius 3 is 2.82 bits per heavy atom. The molecule has 0 aliphatic rings. The highest BCUT2D eigenvalue weighted by molar-refractivity contribution is 6.35.